The molecule has 6 nitrogen and oxygen atoms in total. The van der Waals surface area contributed by atoms with E-state index in [0.29, 0.717) is 31.9 Å². The van der Waals surface area contributed by atoms with Gasteiger partial charge in [-0.3, -0.25) is 4.79 Å². The molecule has 0 radical (unpaired) electrons. The molecule has 1 saturated heterocycles. The van der Waals surface area contributed by atoms with Gasteiger partial charge in [0.2, 0.25) is 0 Å². The Morgan fingerprint density at radius 3 is 2.41 bits per heavy atom. The third-order valence-electron chi connectivity index (χ3n) is 5.42. The summed E-state index contributed by atoms with van der Waals surface area (Å²) < 4.78 is 16.6. The van der Waals surface area contributed by atoms with Crippen LogP contribution >= 0.6 is 0 Å². The van der Waals surface area contributed by atoms with E-state index >= 15 is 0 Å². The summed E-state index contributed by atoms with van der Waals surface area (Å²) >= 11 is 0. The maximum absolute atomic E-state index is 12.7. The van der Waals surface area contributed by atoms with Crippen LogP contribution < -0.4 is 14.2 Å². The zero-order valence-corrected chi connectivity index (χ0v) is 16.9. The van der Waals surface area contributed by atoms with Crippen molar-refractivity contribution in [3.8, 4) is 17.2 Å². The van der Waals surface area contributed by atoms with Gasteiger partial charge in [0.15, 0.2) is 6.61 Å². The van der Waals surface area contributed by atoms with Gasteiger partial charge in [0.25, 0.3) is 5.91 Å². The Morgan fingerprint density at radius 2 is 1.72 bits per heavy atom. The molecule has 2 aromatic rings. The van der Waals surface area contributed by atoms with Gasteiger partial charge in [-0.15, -0.1) is 0 Å². The van der Waals surface area contributed by atoms with Gasteiger partial charge in [-0.2, -0.15) is 0 Å². The van der Waals surface area contributed by atoms with Crippen LogP contribution in [0.15, 0.2) is 54.6 Å². The number of amides is 1. The highest BCUT2D eigenvalue weighted by atomic mass is 16.5. The van der Waals surface area contributed by atoms with Crippen LogP contribution in [-0.2, 0) is 4.79 Å². The monoisotopic (exact) mass is 399 g/mol. The van der Waals surface area contributed by atoms with E-state index in [0.717, 1.165) is 24.3 Å². The Hall–Kier alpha value is -2.73. The summed E-state index contributed by atoms with van der Waals surface area (Å²) in [5, 5.41) is 10.1. The van der Waals surface area contributed by atoms with Gasteiger partial charge < -0.3 is 24.2 Å². The molecule has 1 heterocycles. The minimum Gasteiger partial charge on any atom is -0.497 e. The minimum atomic E-state index is -0.331. The molecule has 0 saturated carbocycles. The molecule has 0 aliphatic carbocycles. The van der Waals surface area contributed by atoms with Crippen molar-refractivity contribution in [3.05, 3.63) is 54.6 Å². The fraction of sp³-hybridized carbons (Fsp3) is 0.435. The molecule has 1 N–H and O–H groups in total. The predicted octanol–water partition coefficient (Wildman–Crippen LogP) is 3.14. The lowest BCUT2D eigenvalue weighted by atomic mass is 9.78. The van der Waals surface area contributed by atoms with Crippen molar-refractivity contribution in [1.82, 2.24) is 4.90 Å². The minimum absolute atomic E-state index is 0.0195. The molecule has 0 unspecified atom stereocenters. The molecule has 1 aliphatic rings. The van der Waals surface area contributed by atoms with Crippen LogP contribution in [0.25, 0.3) is 0 Å². The smallest absolute Gasteiger partial charge is 0.260 e. The van der Waals surface area contributed by atoms with Gasteiger partial charge in [0, 0.05) is 18.5 Å². The fourth-order valence-corrected chi connectivity index (χ4v) is 3.64. The summed E-state index contributed by atoms with van der Waals surface area (Å²) in [7, 11) is 1.61. The lowest BCUT2D eigenvalue weighted by molar-refractivity contribution is -0.138. The number of ether oxygens (including phenoxy) is 3. The number of methoxy groups -OCH3 is 1. The van der Waals surface area contributed by atoms with Crippen molar-refractivity contribution >= 4 is 5.91 Å². The number of carbonyl (C=O) groups is 1. The van der Waals surface area contributed by atoms with E-state index in [2.05, 4.69) is 0 Å². The van der Waals surface area contributed by atoms with Gasteiger partial charge in [0.05, 0.1) is 20.3 Å². The average molecular weight is 399 g/mol. The first-order valence-electron chi connectivity index (χ1n) is 9.97. The fourth-order valence-electron chi connectivity index (χ4n) is 3.64. The first kappa shape index (κ1) is 21.0. The summed E-state index contributed by atoms with van der Waals surface area (Å²) in [6.07, 6.45) is 2.44. The van der Waals surface area contributed by atoms with E-state index in [1.54, 1.807) is 36.3 Å². The normalized spacial score (nSPS) is 18.9. The van der Waals surface area contributed by atoms with E-state index in [9.17, 15) is 9.90 Å². The van der Waals surface area contributed by atoms with Crippen molar-refractivity contribution in [2.75, 3.05) is 40.0 Å². The van der Waals surface area contributed by atoms with E-state index in [-0.39, 0.29) is 24.5 Å². The van der Waals surface area contributed by atoms with E-state index < -0.39 is 0 Å². The molecule has 2 aromatic carbocycles. The second-order valence-corrected chi connectivity index (χ2v) is 7.45. The van der Waals surface area contributed by atoms with Crippen LogP contribution in [0.4, 0.5) is 0 Å². The zero-order chi connectivity index (χ0) is 20.5. The number of nitrogens with zero attached hydrogens (tertiary/aromatic N) is 1. The van der Waals surface area contributed by atoms with Gasteiger partial charge in [-0.05, 0) is 55.7 Å². The van der Waals surface area contributed by atoms with Crippen LogP contribution in [0.5, 0.6) is 17.2 Å². The third kappa shape index (κ3) is 5.87. The Balaban J connectivity index is 1.50. The number of hydrogen-bond donors (Lipinski definition) is 1. The topological polar surface area (TPSA) is 68.2 Å². The van der Waals surface area contributed by atoms with Crippen molar-refractivity contribution in [2.45, 2.75) is 19.3 Å². The molecular formula is C23H29NO5. The zero-order valence-electron chi connectivity index (χ0n) is 16.9. The standard InChI is InChI=1S/C23H29NO5/c1-27-19-8-10-21(11-9-19)29-16-22(26)24-14-5-12-23(17-24,18-25)13-15-28-20-6-3-2-4-7-20/h2-4,6-11,25H,5,12-18H2,1H3/t23-/m0/s1. The maximum Gasteiger partial charge on any atom is 0.260 e. The number of rotatable bonds is 9. The molecular weight excluding hydrogens is 370 g/mol. The van der Waals surface area contributed by atoms with Crippen molar-refractivity contribution in [3.63, 3.8) is 0 Å². The summed E-state index contributed by atoms with van der Waals surface area (Å²) in [5.74, 6) is 2.12. The SMILES string of the molecule is COc1ccc(OCC(=O)N2CCC[C@](CO)(CCOc3ccccc3)C2)cc1. The van der Waals surface area contributed by atoms with Crippen LogP contribution in [0.1, 0.15) is 19.3 Å². The summed E-state index contributed by atoms with van der Waals surface area (Å²) in [5.41, 5.74) is -0.331. The number of hydrogen-bond acceptors (Lipinski definition) is 5. The van der Waals surface area contributed by atoms with Crippen LogP contribution in [0, 0.1) is 5.41 Å². The summed E-state index contributed by atoms with van der Waals surface area (Å²) in [6.45, 7) is 1.73. The van der Waals surface area contributed by atoms with Crippen LogP contribution in [0.3, 0.4) is 0 Å². The van der Waals surface area contributed by atoms with Gasteiger partial charge >= 0.3 is 0 Å². The molecule has 3 rings (SSSR count). The van der Waals surface area contributed by atoms with Crippen LogP contribution in [0.2, 0.25) is 0 Å². The predicted molar refractivity (Wildman–Crippen MR) is 110 cm³/mol. The largest absolute Gasteiger partial charge is 0.497 e. The molecule has 29 heavy (non-hydrogen) atoms. The number of benzene rings is 2. The Morgan fingerprint density at radius 1 is 1.03 bits per heavy atom. The highest BCUT2D eigenvalue weighted by Crippen LogP contribution is 2.33. The first-order chi connectivity index (χ1) is 14.1. The maximum atomic E-state index is 12.7. The summed E-state index contributed by atoms with van der Waals surface area (Å²) in [4.78, 5) is 14.5. The second-order valence-electron chi connectivity index (χ2n) is 7.45. The van der Waals surface area contributed by atoms with Gasteiger partial charge in [-0.1, -0.05) is 18.2 Å². The molecule has 1 fully saturated rings. The van der Waals surface area contributed by atoms with E-state index in [4.69, 9.17) is 14.2 Å². The highest BCUT2D eigenvalue weighted by Gasteiger charge is 2.36. The van der Waals surface area contributed by atoms with Crippen LogP contribution in [-0.4, -0.2) is 55.9 Å². The van der Waals surface area contributed by atoms with Crippen molar-refractivity contribution in [1.29, 1.82) is 0 Å². The van der Waals surface area contributed by atoms with Crippen molar-refractivity contribution < 1.29 is 24.1 Å². The molecule has 6 heteroatoms. The summed E-state index contributed by atoms with van der Waals surface area (Å²) in [6, 6.07) is 16.8. The third-order valence-corrected chi connectivity index (χ3v) is 5.42. The molecule has 1 amide bonds. The number of aliphatic hydroxyl groups excluding tert-OH is 1. The molecule has 0 bridgehead atoms. The van der Waals surface area contributed by atoms with Crippen molar-refractivity contribution in [2.24, 2.45) is 5.41 Å². The quantitative estimate of drug-likeness (QED) is 0.702. The molecule has 156 valence electrons. The number of carbonyl (C=O) groups excluding carboxylic acids is 1. The lowest BCUT2D eigenvalue weighted by Crippen LogP contribution is -2.49. The van der Waals surface area contributed by atoms with Gasteiger partial charge in [-0.25, -0.2) is 0 Å². The Labute approximate surface area is 172 Å². The number of likely N-dealkylation sites (tertiary alicyclic amines) is 1. The molecule has 0 aromatic heterocycles. The van der Waals surface area contributed by atoms with Gasteiger partial charge in [0.1, 0.15) is 17.2 Å². The number of aliphatic hydroxyl groups is 1. The number of piperidine rings is 1. The second kappa shape index (κ2) is 10.2. The number of para-hydroxylation sites is 1. The first-order valence-corrected chi connectivity index (χ1v) is 9.97. The molecule has 0 spiro atoms. The lowest BCUT2D eigenvalue weighted by Gasteiger charge is -2.41. The Bertz CT molecular complexity index is 765. The average Bonchev–Trinajstić information content (AvgIpc) is 2.78. The molecule has 1 atom stereocenters. The van der Waals surface area contributed by atoms with E-state index in [1.807, 2.05) is 30.3 Å². The Kier molecular flexibility index (Phi) is 7.36. The van der Waals surface area contributed by atoms with E-state index in [1.165, 1.54) is 0 Å². The highest BCUT2D eigenvalue weighted by molar-refractivity contribution is 5.78. The molecule has 1 aliphatic heterocycles.